The van der Waals surface area contributed by atoms with Crippen LogP contribution in [0.3, 0.4) is 0 Å². The van der Waals surface area contributed by atoms with Crippen molar-refractivity contribution in [1.82, 2.24) is 4.90 Å². The van der Waals surface area contributed by atoms with Gasteiger partial charge in [0.15, 0.2) is 5.78 Å². The summed E-state index contributed by atoms with van der Waals surface area (Å²) in [5.74, 6) is -0.254. The lowest BCUT2D eigenvalue weighted by Gasteiger charge is -2.34. The van der Waals surface area contributed by atoms with Gasteiger partial charge in [-0.2, -0.15) is 0 Å². The fraction of sp³-hybridized carbons (Fsp3) is 0.296. The normalized spacial score (nSPS) is 16.0. The number of ketones is 1. The fourth-order valence-corrected chi connectivity index (χ4v) is 4.35. The van der Waals surface area contributed by atoms with Crippen LogP contribution in [0.5, 0.6) is 0 Å². The summed E-state index contributed by atoms with van der Waals surface area (Å²) in [7, 11) is 0. The first-order valence-electron chi connectivity index (χ1n) is 10.9. The minimum atomic E-state index is -0.457. The van der Waals surface area contributed by atoms with Crippen molar-refractivity contribution in [2.75, 3.05) is 26.2 Å². The molecular weight excluding hydrogens is 425 g/mol. The molecule has 0 spiro atoms. The summed E-state index contributed by atoms with van der Waals surface area (Å²) in [6.07, 6.45) is 2.10. The predicted octanol–water partition coefficient (Wildman–Crippen LogP) is 5.88. The van der Waals surface area contributed by atoms with Gasteiger partial charge in [0.2, 0.25) is 0 Å². The fourth-order valence-electron chi connectivity index (χ4n) is 4.35. The summed E-state index contributed by atoms with van der Waals surface area (Å²) in [6, 6.07) is 26.7. The molecule has 1 aliphatic rings. The number of carbonyl (C=O) groups excluding carboxylic acids is 1. The zero-order valence-corrected chi connectivity index (χ0v) is 18.9. The number of nitrogens with zero attached hydrogens (tertiary/aromatic N) is 1. The number of carbonyl (C=O) groups is 1. The molecule has 1 saturated heterocycles. The Balaban J connectivity index is 0.00000289. The third kappa shape index (κ3) is 5.63. The lowest BCUT2D eigenvalue weighted by Crippen LogP contribution is -2.32. The van der Waals surface area contributed by atoms with Gasteiger partial charge in [-0.1, -0.05) is 60.7 Å². The Morgan fingerprint density at radius 3 is 2.06 bits per heavy atom. The van der Waals surface area contributed by atoms with Crippen molar-refractivity contribution >= 4 is 18.2 Å². The van der Waals surface area contributed by atoms with Crippen LogP contribution in [0.4, 0.5) is 4.39 Å². The lowest BCUT2D eigenvalue weighted by molar-refractivity contribution is -0.0101. The zero-order chi connectivity index (χ0) is 21.5. The average molecular weight is 454 g/mol. The molecule has 5 heteroatoms. The van der Waals surface area contributed by atoms with Gasteiger partial charge in [-0.3, -0.25) is 4.79 Å². The molecule has 0 unspecified atom stereocenters. The van der Waals surface area contributed by atoms with Crippen molar-refractivity contribution in [2.24, 2.45) is 0 Å². The molecule has 0 aliphatic carbocycles. The van der Waals surface area contributed by atoms with Crippen LogP contribution >= 0.6 is 12.4 Å². The second-order valence-electron chi connectivity index (χ2n) is 8.03. The highest BCUT2D eigenvalue weighted by atomic mass is 35.5. The van der Waals surface area contributed by atoms with Crippen molar-refractivity contribution in [1.29, 1.82) is 0 Å². The largest absolute Gasteiger partial charge is 0.364 e. The van der Waals surface area contributed by atoms with Gasteiger partial charge in [0.25, 0.3) is 0 Å². The molecule has 0 radical (unpaired) electrons. The molecule has 0 amide bonds. The summed E-state index contributed by atoms with van der Waals surface area (Å²) < 4.78 is 19.6. The van der Waals surface area contributed by atoms with E-state index in [1.165, 1.54) is 23.3 Å². The second kappa shape index (κ2) is 11.4. The maximum absolute atomic E-state index is 13.1. The van der Waals surface area contributed by atoms with Crippen LogP contribution in [0.2, 0.25) is 0 Å². The lowest BCUT2D eigenvalue weighted by atomic mass is 9.83. The molecular formula is C27H29ClFNO2. The van der Waals surface area contributed by atoms with E-state index in [1.807, 2.05) is 12.1 Å². The minimum absolute atomic E-state index is 0. The molecule has 32 heavy (non-hydrogen) atoms. The van der Waals surface area contributed by atoms with Crippen LogP contribution in [0, 0.1) is 5.82 Å². The van der Waals surface area contributed by atoms with Gasteiger partial charge in [-0.05, 0) is 54.8 Å². The van der Waals surface area contributed by atoms with Crippen LogP contribution in [-0.2, 0) is 10.3 Å². The Bertz CT molecular complexity index is 940. The molecule has 0 N–H and O–H groups in total. The number of Topliss-reactive ketones (excluding diaryl/α,β-unsaturated/α-hetero) is 1. The highest BCUT2D eigenvalue weighted by Crippen LogP contribution is 2.38. The Morgan fingerprint density at radius 1 is 0.875 bits per heavy atom. The average Bonchev–Trinajstić information content (AvgIpc) is 3.04. The van der Waals surface area contributed by atoms with Gasteiger partial charge < -0.3 is 9.64 Å². The topological polar surface area (TPSA) is 29.5 Å². The second-order valence-corrected chi connectivity index (χ2v) is 8.03. The van der Waals surface area contributed by atoms with E-state index >= 15 is 0 Å². The summed E-state index contributed by atoms with van der Waals surface area (Å²) in [5.41, 5.74) is 2.47. The number of hydrogen-bond donors (Lipinski definition) is 0. The van der Waals surface area contributed by atoms with Crippen LogP contribution in [0.15, 0.2) is 84.9 Å². The number of hydrogen-bond acceptors (Lipinski definition) is 3. The standard InChI is InChI=1S/C27H28FNO2.ClH/c28-25-15-13-22(14-16-25)26(30)12-7-18-29-19-17-27(31-21-20-29,23-8-3-1-4-9-23)24-10-5-2-6-11-24;/h1-6,8-11,13-16H,7,12,17-21H2;1H. The molecule has 3 aromatic carbocycles. The molecule has 1 heterocycles. The van der Waals surface area contributed by atoms with Crippen LogP contribution in [0.25, 0.3) is 0 Å². The maximum atomic E-state index is 13.1. The smallest absolute Gasteiger partial charge is 0.162 e. The molecule has 4 rings (SSSR count). The van der Waals surface area contributed by atoms with E-state index < -0.39 is 5.60 Å². The highest BCUT2D eigenvalue weighted by Gasteiger charge is 2.37. The Labute approximate surface area is 195 Å². The molecule has 0 bridgehead atoms. The van der Waals surface area contributed by atoms with Crippen molar-refractivity contribution in [2.45, 2.75) is 24.9 Å². The first kappa shape index (κ1) is 24.1. The molecule has 0 aromatic heterocycles. The zero-order valence-electron chi connectivity index (χ0n) is 18.1. The van der Waals surface area contributed by atoms with E-state index in [0.29, 0.717) is 18.6 Å². The molecule has 1 aliphatic heterocycles. The van der Waals surface area contributed by atoms with Gasteiger partial charge in [0.1, 0.15) is 11.4 Å². The van der Waals surface area contributed by atoms with Crippen molar-refractivity contribution in [3.63, 3.8) is 0 Å². The van der Waals surface area contributed by atoms with Gasteiger partial charge in [-0.25, -0.2) is 4.39 Å². The number of ether oxygens (including phenoxy) is 1. The molecule has 3 nitrogen and oxygen atoms in total. The Morgan fingerprint density at radius 2 is 1.47 bits per heavy atom. The summed E-state index contributed by atoms with van der Waals surface area (Å²) >= 11 is 0. The van der Waals surface area contributed by atoms with Gasteiger partial charge in [-0.15, -0.1) is 12.4 Å². The SMILES string of the molecule is Cl.O=C(CCCN1CCOC(c2ccccc2)(c2ccccc2)CC1)c1ccc(F)cc1. The van der Waals surface area contributed by atoms with Gasteiger partial charge in [0.05, 0.1) is 6.61 Å². The third-order valence-corrected chi connectivity index (χ3v) is 6.06. The summed E-state index contributed by atoms with van der Waals surface area (Å²) in [5, 5.41) is 0. The van der Waals surface area contributed by atoms with E-state index in [1.54, 1.807) is 12.1 Å². The highest BCUT2D eigenvalue weighted by molar-refractivity contribution is 5.95. The first-order chi connectivity index (χ1) is 15.2. The van der Waals surface area contributed by atoms with Gasteiger partial charge in [0, 0.05) is 25.1 Å². The Kier molecular flexibility index (Phi) is 8.57. The predicted molar refractivity (Wildman–Crippen MR) is 128 cm³/mol. The van der Waals surface area contributed by atoms with Crippen molar-refractivity contribution in [3.05, 3.63) is 107 Å². The molecule has 168 valence electrons. The van der Waals surface area contributed by atoms with E-state index in [9.17, 15) is 9.18 Å². The Hall–Kier alpha value is -2.53. The monoisotopic (exact) mass is 453 g/mol. The molecule has 3 aromatic rings. The first-order valence-corrected chi connectivity index (χ1v) is 10.9. The minimum Gasteiger partial charge on any atom is -0.364 e. The van der Waals surface area contributed by atoms with Crippen molar-refractivity contribution in [3.8, 4) is 0 Å². The quantitative estimate of drug-likeness (QED) is 0.418. The van der Waals surface area contributed by atoms with E-state index in [0.717, 1.165) is 32.5 Å². The molecule has 0 atom stereocenters. The molecule has 1 fully saturated rings. The summed E-state index contributed by atoms with van der Waals surface area (Å²) in [6.45, 7) is 3.21. The van der Waals surface area contributed by atoms with Crippen LogP contribution in [0.1, 0.15) is 40.7 Å². The van der Waals surface area contributed by atoms with Crippen LogP contribution < -0.4 is 0 Å². The number of halogens is 2. The number of rotatable bonds is 7. The van der Waals surface area contributed by atoms with E-state index in [-0.39, 0.29) is 24.0 Å². The third-order valence-electron chi connectivity index (χ3n) is 6.06. The molecule has 0 saturated carbocycles. The van der Waals surface area contributed by atoms with Crippen molar-refractivity contribution < 1.29 is 13.9 Å². The van der Waals surface area contributed by atoms with Crippen LogP contribution in [-0.4, -0.2) is 36.9 Å². The maximum Gasteiger partial charge on any atom is 0.162 e. The number of benzene rings is 3. The van der Waals surface area contributed by atoms with Gasteiger partial charge >= 0.3 is 0 Å². The van der Waals surface area contributed by atoms with E-state index in [4.69, 9.17) is 4.74 Å². The summed E-state index contributed by atoms with van der Waals surface area (Å²) in [4.78, 5) is 14.8. The van der Waals surface area contributed by atoms with E-state index in [2.05, 4.69) is 53.4 Å².